The third-order valence-electron chi connectivity index (χ3n) is 9.10. The number of quaternary nitrogens is 1. The Balaban J connectivity index is 4.56. The molecule has 0 aliphatic heterocycles. The highest BCUT2D eigenvalue weighted by atomic mass is 31.2. The predicted molar refractivity (Wildman–Crippen MR) is 237 cm³/mol. The van der Waals surface area contributed by atoms with Gasteiger partial charge >= 0.3 is 13.8 Å². The summed E-state index contributed by atoms with van der Waals surface area (Å²) in [5.74, 6) is -0.516. The molecule has 11 nitrogen and oxygen atoms in total. The van der Waals surface area contributed by atoms with Crippen molar-refractivity contribution in [3.63, 3.8) is 0 Å². The Morgan fingerprint density at radius 2 is 1.21 bits per heavy atom. The molecule has 0 aromatic carbocycles. The molecule has 0 aliphatic rings. The van der Waals surface area contributed by atoms with E-state index in [1.165, 1.54) is 64.2 Å². The van der Waals surface area contributed by atoms with Crippen molar-refractivity contribution in [3.05, 3.63) is 72.9 Å². The van der Waals surface area contributed by atoms with E-state index in [4.69, 9.17) is 18.5 Å². The van der Waals surface area contributed by atoms with Crippen LogP contribution in [-0.2, 0) is 27.9 Å². The van der Waals surface area contributed by atoms with Crippen LogP contribution in [0.1, 0.15) is 136 Å². The maximum absolute atomic E-state index is 12.7. The second kappa shape index (κ2) is 37.8. The van der Waals surface area contributed by atoms with Gasteiger partial charge in [-0.1, -0.05) is 145 Å². The van der Waals surface area contributed by atoms with Gasteiger partial charge in [-0.2, -0.15) is 0 Å². The Morgan fingerprint density at radius 3 is 1.83 bits per heavy atom. The zero-order valence-electron chi connectivity index (χ0n) is 36.8. The topological polar surface area (TPSA) is 152 Å². The van der Waals surface area contributed by atoms with E-state index in [-0.39, 0.29) is 26.2 Å². The van der Waals surface area contributed by atoms with E-state index in [0.29, 0.717) is 43.3 Å². The Bertz CT molecular complexity index is 1210. The number of nitrogens with zero attached hydrogens (tertiary/aromatic N) is 1. The molecule has 0 saturated carbocycles. The molecule has 336 valence electrons. The van der Waals surface area contributed by atoms with Crippen LogP contribution in [0.25, 0.3) is 0 Å². The lowest BCUT2D eigenvalue weighted by Gasteiger charge is -2.24. The summed E-state index contributed by atoms with van der Waals surface area (Å²) in [4.78, 5) is 22.9. The SMILES string of the molecule is CCCCCCCC/C=C\CCCCCCCCOCC(COP(=O)(O)OCC[N+](C)(C)C)OC(=O)CCCC(O)/C=C/C=C\C=C\C(O)C/C=C\C=C\C(O)CC. The number of rotatable bonds is 39. The quantitative estimate of drug-likeness (QED) is 0.0118. The summed E-state index contributed by atoms with van der Waals surface area (Å²) in [5, 5.41) is 29.8. The van der Waals surface area contributed by atoms with Gasteiger partial charge in [-0.3, -0.25) is 13.8 Å². The van der Waals surface area contributed by atoms with Crippen molar-refractivity contribution in [1.82, 2.24) is 0 Å². The molecule has 0 amide bonds. The Morgan fingerprint density at radius 1 is 0.638 bits per heavy atom. The van der Waals surface area contributed by atoms with Gasteiger partial charge in [-0.05, 0) is 57.8 Å². The third-order valence-corrected chi connectivity index (χ3v) is 10.1. The van der Waals surface area contributed by atoms with E-state index in [1.54, 1.807) is 54.7 Å². The molecule has 0 bridgehead atoms. The van der Waals surface area contributed by atoms with E-state index in [9.17, 15) is 29.6 Å². The molecule has 0 rings (SSSR count). The summed E-state index contributed by atoms with van der Waals surface area (Å²) in [6.07, 6.45) is 38.0. The maximum atomic E-state index is 12.7. The number of carbonyl (C=O) groups excluding carboxylic acids is 1. The number of ether oxygens (including phenoxy) is 2. The molecule has 4 N–H and O–H groups in total. The van der Waals surface area contributed by atoms with Crippen LogP contribution < -0.4 is 0 Å². The van der Waals surface area contributed by atoms with Crippen molar-refractivity contribution in [2.45, 2.75) is 160 Å². The van der Waals surface area contributed by atoms with Gasteiger partial charge in [0.2, 0.25) is 0 Å². The van der Waals surface area contributed by atoms with E-state index >= 15 is 0 Å². The number of carbonyl (C=O) groups is 1. The highest BCUT2D eigenvalue weighted by molar-refractivity contribution is 7.47. The summed E-state index contributed by atoms with van der Waals surface area (Å²) in [6.45, 7) is 4.85. The normalized spacial score (nSPS) is 16.1. The molecule has 0 fully saturated rings. The second-order valence-corrected chi connectivity index (χ2v) is 17.4. The number of aliphatic hydroxyl groups is 3. The van der Waals surface area contributed by atoms with Gasteiger partial charge in [0, 0.05) is 13.0 Å². The summed E-state index contributed by atoms with van der Waals surface area (Å²) < 4.78 is 34.7. The van der Waals surface area contributed by atoms with Crippen LogP contribution in [-0.4, -0.2) is 109 Å². The summed E-state index contributed by atoms with van der Waals surface area (Å²) in [7, 11) is 1.47. The lowest BCUT2D eigenvalue weighted by atomic mass is 10.1. The molecule has 58 heavy (non-hydrogen) atoms. The number of allylic oxidation sites excluding steroid dienone is 8. The smallest absolute Gasteiger partial charge is 0.457 e. The van der Waals surface area contributed by atoms with Crippen LogP contribution in [0.4, 0.5) is 0 Å². The molecule has 12 heteroatoms. The number of aliphatic hydroxyl groups excluding tert-OH is 3. The third kappa shape index (κ3) is 40.6. The summed E-state index contributed by atoms with van der Waals surface area (Å²) in [5.41, 5.74) is 0. The van der Waals surface area contributed by atoms with E-state index in [0.717, 1.165) is 25.7 Å². The van der Waals surface area contributed by atoms with Gasteiger partial charge in [0.25, 0.3) is 0 Å². The van der Waals surface area contributed by atoms with E-state index < -0.39 is 38.2 Å². The van der Waals surface area contributed by atoms with Gasteiger partial charge in [-0.15, -0.1) is 0 Å². The fourth-order valence-electron chi connectivity index (χ4n) is 5.44. The number of hydrogen-bond donors (Lipinski definition) is 4. The van der Waals surface area contributed by atoms with Crippen molar-refractivity contribution in [3.8, 4) is 0 Å². The molecule has 0 radical (unpaired) electrons. The van der Waals surface area contributed by atoms with E-state index in [2.05, 4.69) is 19.1 Å². The fraction of sp³-hybridized carbons (Fsp3) is 0.717. The number of phosphoric ester groups is 1. The molecule has 5 unspecified atom stereocenters. The molecule has 0 aromatic rings. The number of phosphoric acid groups is 1. The number of unbranched alkanes of at least 4 members (excludes halogenated alkanes) is 12. The second-order valence-electron chi connectivity index (χ2n) is 15.9. The highest BCUT2D eigenvalue weighted by Crippen LogP contribution is 2.43. The summed E-state index contributed by atoms with van der Waals surface area (Å²) in [6, 6.07) is 0. The molecule has 0 aliphatic carbocycles. The van der Waals surface area contributed by atoms with Crippen LogP contribution in [0.2, 0.25) is 0 Å². The monoisotopic (exact) mass is 841 g/mol. The van der Waals surface area contributed by atoms with Gasteiger partial charge in [0.05, 0.1) is 52.7 Å². The summed E-state index contributed by atoms with van der Waals surface area (Å²) >= 11 is 0. The first kappa shape index (κ1) is 55.8. The Hall–Kier alpha value is -2.18. The lowest BCUT2D eigenvalue weighted by molar-refractivity contribution is -0.870. The average Bonchev–Trinajstić information content (AvgIpc) is 3.16. The first-order chi connectivity index (χ1) is 27.8. The fourth-order valence-corrected chi connectivity index (χ4v) is 6.18. The average molecular weight is 841 g/mol. The van der Waals surface area contributed by atoms with E-state index in [1.807, 2.05) is 34.1 Å². The number of esters is 1. The van der Waals surface area contributed by atoms with Crippen LogP contribution >= 0.6 is 7.82 Å². The minimum Gasteiger partial charge on any atom is -0.457 e. The zero-order valence-corrected chi connectivity index (χ0v) is 37.7. The minimum absolute atomic E-state index is 0.0248. The van der Waals surface area contributed by atoms with Gasteiger partial charge < -0.3 is 34.2 Å². The maximum Gasteiger partial charge on any atom is 0.472 e. The molecule has 0 aromatic heterocycles. The lowest BCUT2D eigenvalue weighted by Crippen LogP contribution is -2.37. The van der Waals surface area contributed by atoms with Crippen LogP contribution in [0, 0.1) is 0 Å². The minimum atomic E-state index is -4.36. The molecule has 0 saturated heterocycles. The highest BCUT2D eigenvalue weighted by Gasteiger charge is 2.26. The van der Waals surface area contributed by atoms with Crippen molar-refractivity contribution in [1.29, 1.82) is 0 Å². The largest absolute Gasteiger partial charge is 0.472 e. The molecular weight excluding hydrogens is 757 g/mol. The van der Waals surface area contributed by atoms with Gasteiger partial charge in [0.15, 0.2) is 0 Å². The number of likely N-dealkylation sites (N-methyl/N-ethyl adjacent to an activating group) is 1. The van der Waals surface area contributed by atoms with Crippen LogP contribution in [0.3, 0.4) is 0 Å². The van der Waals surface area contributed by atoms with Crippen molar-refractivity contribution in [2.75, 3.05) is 54.1 Å². The van der Waals surface area contributed by atoms with Crippen LogP contribution in [0.15, 0.2) is 72.9 Å². The van der Waals surface area contributed by atoms with Crippen molar-refractivity contribution >= 4 is 13.8 Å². The predicted octanol–water partition coefficient (Wildman–Crippen LogP) is 9.63. The van der Waals surface area contributed by atoms with Crippen LogP contribution in [0.5, 0.6) is 0 Å². The van der Waals surface area contributed by atoms with Crippen molar-refractivity contribution < 1.29 is 52.6 Å². The first-order valence-corrected chi connectivity index (χ1v) is 23.5. The zero-order chi connectivity index (χ0) is 43.2. The Kier molecular flexibility index (Phi) is 36.4. The van der Waals surface area contributed by atoms with Crippen molar-refractivity contribution in [2.24, 2.45) is 0 Å². The van der Waals surface area contributed by atoms with Gasteiger partial charge in [0.1, 0.15) is 19.3 Å². The van der Waals surface area contributed by atoms with Gasteiger partial charge in [-0.25, -0.2) is 4.57 Å². The first-order valence-electron chi connectivity index (χ1n) is 22.0. The molecular formula is C46H83NO10P+. The molecule has 0 heterocycles. The number of hydrogen-bond acceptors (Lipinski definition) is 9. The molecule has 0 spiro atoms. The Labute approximate surface area is 352 Å². The molecule has 5 atom stereocenters. The standard InChI is InChI=1S/C46H82NO10P/c1-6-8-9-10-11-12-13-14-15-16-17-18-19-20-23-29-38-54-40-45(41-56-58(52,53)55-39-37-47(3,4)5)57-46(51)36-30-35-44(50)33-26-22-21-25-32-43(49)34-28-24-27-31-42(48)7-2/h14-15,21-22,24-28,31-33,42-45,48-50H,6-13,16-20,23,29-30,34-41H2,1-5H3/p+1/b15-14-,22-21-,28-24-,31-27+,32-25+,33-26+.